The average Bonchev–Trinajstić information content (AvgIpc) is 2.98. The summed E-state index contributed by atoms with van der Waals surface area (Å²) >= 11 is 0. The summed E-state index contributed by atoms with van der Waals surface area (Å²) in [6.45, 7) is 3.06. The lowest BCUT2D eigenvalue weighted by Crippen LogP contribution is -2.46. The maximum absolute atomic E-state index is 12.3. The molecule has 0 aliphatic carbocycles. The maximum atomic E-state index is 12.3. The number of rotatable bonds is 6. The lowest BCUT2D eigenvalue weighted by Gasteiger charge is -2.23. The highest BCUT2D eigenvalue weighted by atomic mass is 32.2. The van der Waals surface area contributed by atoms with E-state index in [0.717, 1.165) is 19.1 Å². The quantitative estimate of drug-likeness (QED) is 0.866. The highest BCUT2D eigenvalue weighted by molar-refractivity contribution is 7.88. The van der Waals surface area contributed by atoms with Gasteiger partial charge in [0.1, 0.15) is 6.04 Å². The molecule has 22 heavy (non-hydrogen) atoms. The first kappa shape index (κ1) is 17.0. The van der Waals surface area contributed by atoms with Crippen LogP contribution in [0.15, 0.2) is 30.3 Å². The molecule has 1 aliphatic rings. The second-order valence-corrected chi connectivity index (χ2v) is 7.73. The molecule has 1 heterocycles. The van der Waals surface area contributed by atoms with Crippen LogP contribution in [0.2, 0.25) is 0 Å². The Morgan fingerprint density at radius 2 is 2.05 bits per heavy atom. The zero-order valence-corrected chi connectivity index (χ0v) is 14.0. The topological polar surface area (TPSA) is 66.5 Å². The van der Waals surface area contributed by atoms with Gasteiger partial charge in [-0.25, -0.2) is 8.42 Å². The second-order valence-electron chi connectivity index (χ2n) is 5.79. The molecule has 1 amide bonds. The molecule has 0 aromatic heterocycles. The predicted octanol–water partition coefficient (Wildman–Crippen LogP) is 1.72. The van der Waals surface area contributed by atoms with Crippen LogP contribution in [0.5, 0.6) is 0 Å². The zero-order valence-electron chi connectivity index (χ0n) is 13.2. The Kier molecular flexibility index (Phi) is 5.58. The summed E-state index contributed by atoms with van der Waals surface area (Å²) in [5.41, 5.74) is 1.19. The standard InChI is InChI=1S/C16H24N2O3S/c1-3-13(14-8-5-4-6-9-14)12-17-16(19)15-10-7-11-18(15)22(2,20)21/h4-6,8-9,13,15H,3,7,10-12H2,1-2H3,(H,17,19). The molecule has 1 aromatic rings. The Labute approximate surface area is 132 Å². The van der Waals surface area contributed by atoms with Gasteiger partial charge in [0.15, 0.2) is 0 Å². The summed E-state index contributed by atoms with van der Waals surface area (Å²) in [7, 11) is -3.32. The Morgan fingerprint density at radius 3 is 2.64 bits per heavy atom. The van der Waals surface area contributed by atoms with Gasteiger partial charge in [-0.15, -0.1) is 0 Å². The number of carbonyl (C=O) groups is 1. The van der Waals surface area contributed by atoms with Gasteiger partial charge in [-0.3, -0.25) is 4.79 Å². The monoisotopic (exact) mass is 324 g/mol. The van der Waals surface area contributed by atoms with Crippen LogP contribution in [0.3, 0.4) is 0 Å². The zero-order chi connectivity index (χ0) is 16.2. The fourth-order valence-electron chi connectivity index (χ4n) is 2.96. The molecule has 122 valence electrons. The van der Waals surface area contributed by atoms with Gasteiger partial charge in [-0.05, 0) is 24.8 Å². The number of hydrogen-bond acceptors (Lipinski definition) is 3. The lowest BCUT2D eigenvalue weighted by molar-refractivity contribution is -0.124. The van der Waals surface area contributed by atoms with Gasteiger partial charge < -0.3 is 5.32 Å². The molecule has 2 atom stereocenters. The molecule has 0 bridgehead atoms. The van der Waals surface area contributed by atoms with Gasteiger partial charge in [0.2, 0.25) is 15.9 Å². The Hall–Kier alpha value is -1.40. The fourth-order valence-corrected chi connectivity index (χ4v) is 4.09. The number of carbonyl (C=O) groups excluding carboxylic acids is 1. The summed E-state index contributed by atoms with van der Waals surface area (Å²) in [5, 5.41) is 2.93. The third-order valence-electron chi connectivity index (χ3n) is 4.22. The smallest absolute Gasteiger partial charge is 0.238 e. The lowest BCUT2D eigenvalue weighted by atomic mass is 9.96. The van der Waals surface area contributed by atoms with Crippen molar-refractivity contribution in [2.45, 2.75) is 38.1 Å². The van der Waals surface area contributed by atoms with E-state index >= 15 is 0 Å². The first-order valence-corrected chi connectivity index (χ1v) is 9.57. The van der Waals surface area contributed by atoms with Gasteiger partial charge >= 0.3 is 0 Å². The molecule has 0 saturated carbocycles. The molecule has 0 spiro atoms. The van der Waals surface area contributed by atoms with Crippen molar-refractivity contribution in [1.29, 1.82) is 0 Å². The number of amides is 1. The normalized spacial score (nSPS) is 20.7. The van der Waals surface area contributed by atoms with Gasteiger partial charge in [0.25, 0.3) is 0 Å². The number of hydrogen-bond donors (Lipinski definition) is 1. The maximum Gasteiger partial charge on any atom is 0.238 e. The van der Waals surface area contributed by atoms with Crippen molar-refractivity contribution < 1.29 is 13.2 Å². The van der Waals surface area contributed by atoms with E-state index in [9.17, 15) is 13.2 Å². The Morgan fingerprint density at radius 1 is 1.36 bits per heavy atom. The van der Waals surface area contributed by atoms with Gasteiger partial charge in [-0.2, -0.15) is 4.31 Å². The van der Waals surface area contributed by atoms with Crippen molar-refractivity contribution in [3.63, 3.8) is 0 Å². The molecule has 6 heteroatoms. The van der Waals surface area contributed by atoms with Crippen LogP contribution in [0.1, 0.15) is 37.7 Å². The predicted molar refractivity (Wildman–Crippen MR) is 87.1 cm³/mol. The molecule has 5 nitrogen and oxygen atoms in total. The van der Waals surface area contributed by atoms with Gasteiger partial charge in [0, 0.05) is 19.0 Å². The van der Waals surface area contributed by atoms with Crippen molar-refractivity contribution in [1.82, 2.24) is 9.62 Å². The van der Waals surface area contributed by atoms with Crippen molar-refractivity contribution in [3.05, 3.63) is 35.9 Å². The van der Waals surface area contributed by atoms with Crippen LogP contribution in [0.4, 0.5) is 0 Å². The first-order valence-electron chi connectivity index (χ1n) is 7.73. The fraction of sp³-hybridized carbons (Fsp3) is 0.562. The van der Waals surface area contributed by atoms with Crippen molar-refractivity contribution in [3.8, 4) is 0 Å². The van der Waals surface area contributed by atoms with Gasteiger partial charge in [0.05, 0.1) is 6.26 Å². The van der Waals surface area contributed by atoms with Crippen LogP contribution >= 0.6 is 0 Å². The second kappa shape index (κ2) is 7.24. The largest absolute Gasteiger partial charge is 0.354 e. The molecule has 1 aromatic carbocycles. The van der Waals surface area contributed by atoms with E-state index in [1.54, 1.807) is 0 Å². The van der Waals surface area contributed by atoms with E-state index < -0.39 is 16.1 Å². The molecule has 1 N–H and O–H groups in total. The van der Waals surface area contributed by atoms with Crippen molar-refractivity contribution in [2.24, 2.45) is 0 Å². The number of nitrogens with zero attached hydrogens (tertiary/aromatic N) is 1. The molecule has 0 radical (unpaired) electrons. The van der Waals surface area contributed by atoms with Crippen molar-refractivity contribution >= 4 is 15.9 Å². The molecule has 1 aliphatic heterocycles. The number of nitrogens with one attached hydrogen (secondary N) is 1. The number of sulfonamides is 1. The summed E-state index contributed by atoms with van der Waals surface area (Å²) in [6, 6.07) is 9.50. The van der Waals surface area contributed by atoms with E-state index in [-0.39, 0.29) is 11.8 Å². The molecule has 1 saturated heterocycles. The van der Waals surface area contributed by atoms with Crippen LogP contribution in [0, 0.1) is 0 Å². The third kappa shape index (κ3) is 4.08. The van der Waals surface area contributed by atoms with E-state index in [1.165, 1.54) is 9.87 Å². The van der Waals surface area contributed by atoms with E-state index in [0.29, 0.717) is 19.5 Å². The third-order valence-corrected chi connectivity index (χ3v) is 5.51. The minimum Gasteiger partial charge on any atom is -0.354 e. The minimum absolute atomic E-state index is 0.183. The molecule has 2 rings (SSSR count). The number of benzene rings is 1. The summed E-state index contributed by atoms with van der Waals surface area (Å²) in [6.07, 6.45) is 3.42. The molecular weight excluding hydrogens is 300 g/mol. The molecule has 2 unspecified atom stereocenters. The minimum atomic E-state index is -3.32. The van der Waals surface area contributed by atoms with E-state index in [4.69, 9.17) is 0 Å². The van der Waals surface area contributed by atoms with E-state index in [1.807, 2.05) is 18.2 Å². The van der Waals surface area contributed by atoms with Crippen LogP contribution in [-0.2, 0) is 14.8 Å². The Bertz CT molecular complexity index is 601. The van der Waals surface area contributed by atoms with Crippen LogP contribution in [-0.4, -0.2) is 44.0 Å². The van der Waals surface area contributed by atoms with Crippen LogP contribution < -0.4 is 5.32 Å². The first-order chi connectivity index (χ1) is 10.4. The van der Waals surface area contributed by atoms with Crippen LogP contribution in [0.25, 0.3) is 0 Å². The van der Waals surface area contributed by atoms with Crippen molar-refractivity contribution in [2.75, 3.05) is 19.3 Å². The highest BCUT2D eigenvalue weighted by Crippen LogP contribution is 2.22. The summed E-state index contributed by atoms with van der Waals surface area (Å²) in [4.78, 5) is 12.3. The van der Waals surface area contributed by atoms with E-state index in [2.05, 4.69) is 24.4 Å². The summed E-state index contributed by atoms with van der Waals surface area (Å²) in [5.74, 6) is 0.0653. The molecule has 1 fully saturated rings. The molecular formula is C16H24N2O3S. The average molecular weight is 324 g/mol. The highest BCUT2D eigenvalue weighted by Gasteiger charge is 2.36. The Balaban J connectivity index is 1.97. The summed E-state index contributed by atoms with van der Waals surface area (Å²) < 4.78 is 24.7. The van der Waals surface area contributed by atoms with Gasteiger partial charge in [-0.1, -0.05) is 37.3 Å². The SMILES string of the molecule is CCC(CNC(=O)C1CCCN1S(C)(=O)=O)c1ccccc1.